The van der Waals surface area contributed by atoms with Crippen LogP contribution in [0.5, 0.6) is 0 Å². The number of halogens is 1. The van der Waals surface area contributed by atoms with Crippen molar-refractivity contribution in [2.75, 3.05) is 11.1 Å². The summed E-state index contributed by atoms with van der Waals surface area (Å²) in [5.74, 6) is 0.722. The normalized spacial score (nSPS) is 14.2. The Bertz CT molecular complexity index is 598. The highest BCUT2D eigenvalue weighted by atomic mass is 79.9. The van der Waals surface area contributed by atoms with Gasteiger partial charge in [0.25, 0.3) is 0 Å². The van der Waals surface area contributed by atoms with E-state index in [4.69, 9.17) is 5.73 Å². The van der Waals surface area contributed by atoms with Crippen LogP contribution in [0.4, 0.5) is 11.4 Å². The molecule has 4 heteroatoms. The molecule has 0 radical (unpaired) electrons. The predicted octanol–water partition coefficient (Wildman–Crippen LogP) is 4.82. The number of aromatic nitrogens is 1. The van der Waals surface area contributed by atoms with Gasteiger partial charge in [-0.2, -0.15) is 0 Å². The van der Waals surface area contributed by atoms with Gasteiger partial charge in [-0.25, -0.2) is 0 Å². The predicted molar refractivity (Wildman–Crippen MR) is 91.0 cm³/mol. The second kappa shape index (κ2) is 6.44. The maximum absolute atomic E-state index is 6.04. The van der Waals surface area contributed by atoms with Gasteiger partial charge in [0.2, 0.25) is 0 Å². The first-order valence-electron chi connectivity index (χ1n) is 7.11. The molecule has 2 aromatic rings. The summed E-state index contributed by atoms with van der Waals surface area (Å²) in [4.78, 5) is 4.50. The summed E-state index contributed by atoms with van der Waals surface area (Å²) in [5.41, 5.74) is 8.78. The van der Waals surface area contributed by atoms with Gasteiger partial charge in [0.15, 0.2) is 0 Å². The summed E-state index contributed by atoms with van der Waals surface area (Å²) in [6, 6.07) is 6.39. The molecule has 0 aliphatic rings. The van der Waals surface area contributed by atoms with E-state index in [1.54, 1.807) is 0 Å². The van der Waals surface area contributed by atoms with Gasteiger partial charge < -0.3 is 11.1 Å². The molecule has 0 fully saturated rings. The lowest BCUT2D eigenvalue weighted by molar-refractivity contribution is 0.484. The van der Waals surface area contributed by atoms with Crippen molar-refractivity contribution in [3.8, 4) is 0 Å². The van der Waals surface area contributed by atoms with Crippen LogP contribution in [0.3, 0.4) is 0 Å². The Kier molecular flexibility index (Phi) is 4.86. The SMILES string of the molecule is CCC(C)CC(C)Nc1ccc(N)c2cc(Br)cnc12. The zero-order valence-corrected chi connectivity index (χ0v) is 13.9. The van der Waals surface area contributed by atoms with Crippen LogP contribution in [0.15, 0.2) is 28.9 Å². The molecule has 1 heterocycles. The first kappa shape index (κ1) is 15.1. The minimum atomic E-state index is 0.419. The number of nitrogen functional groups attached to an aromatic ring is 1. The van der Waals surface area contributed by atoms with Gasteiger partial charge in [-0.15, -0.1) is 0 Å². The lowest BCUT2D eigenvalue weighted by atomic mass is 10.00. The number of fused-ring (bicyclic) bond motifs is 1. The van der Waals surface area contributed by atoms with Crippen LogP contribution in [-0.4, -0.2) is 11.0 Å². The Balaban J connectivity index is 2.29. The Hall–Kier alpha value is -1.29. The quantitative estimate of drug-likeness (QED) is 0.770. The molecular formula is C16H22BrN3. The van der Waals surface area contributed by atoms with E-state index in [2.05, 4.69) is 47.0 Å². The second-order valence-electron chi connectivity index (χ2n) is 5.55. The van der Waals surface area contributed by atoms with E-state index < -0.39 is 0 Å². The summed E-state index contributed by atoms with van der Waals surface area (Å²) in [6.07, 6.45) is 4.17. The molecule has 0 saturated heterocycles. The fourth-order valence-corrected chi connectivity index (χ4v) is 2.76. The van der Waals surface area contributed by atoms with Crippen molar-refractivity contribution in [1.29, 1.82) is 0 Å². The zero-order chi connectivity index (χ0) is 14.7. The molecule has 0 spiro atoms. The number of anilines is 2. The van der Waals surface area contributed by atoms with E-state index in [1.807, 2.05) is 24.4 Å². The van der Waals surface area contributed by atoms with Gasteiger partial charge in [0, 0.05) is 27.8 Å². The maximum atomic E-state index is 6.04. The molecule has 0 aliphatic heterocycles. The van der Waals surface area contributed by atoms with E-state index in [0.717, 1.165) is 39.1 Å². The van der Waals surface area contributed by atoms with Crippen molar-refractivity contribution in [3.05, 3.63) is 28.9 Å². The van der Waals surface area contributed by atoms with Crippen LogP contribution in [0.1, 0.15) is 33.6 Å². The number of nitrogens with one attached hydrogen (secondary N) is 1. The van der Waals surface area contributed by atoms with E-state index in [9.17, 15) is 0 Å². The number of hydrogen-bond donors (Lipinski definition) is 2. The van der Waals surface area contributed by atoms with Gasteiger partial charge in [-0.05, 0) is 53.4 Å². The van der Waals surface area contributed by atoms with Gasteiger partial charge in [0.05, 0.1) is 11.2 Å². The summed E-state index contributed by atoms with van der Waals surface area (Å²) >= 11 is 3.45. The standard InChI is InChI=1S/C16H22BrN3/c1-4-10(2)7-11(3)20-15-6-5-14(18)13-8-12(17)9-19-16(13)15/h5-6,8-11,20H,4,7,18H2,1-3H3. The summed E-state index contributed by atoms with van der Waals surface area (Å²) < 4.78 is 0.946. The van der Waals surface area contributed by atoms with Crippen molar-refractivity contribution in [2.45, 2.75) is 39.7 Å². The van der Waals surface area contributed by atoms with Gasteiger partial charge in [0.1, 0.15) is 0 Å². The lowest BCUT2D eigenvalue weighted by Gasteiger charge is -2.20. The molecule has 2 rings (SSSR count). The van der Waals surface area contributed by atoms with Gasteiger partial charge in [-0.3, -0.25) is 4.98 Å². The molecule has 0 aliphatic carbocycles. The molecule has 0 amide bonds. The number of pyridine rings is 1. The third-order valence-corrected chi connectivity index (χ3v) is 4.14. The third kappa shape index (κ3) is 3.42. The molecule has 3 nitrogen and oxygen atoms in total. The van der Waals surface area contributed by atoms with E-state index >= 15 is 0 Å². The van der Waals surface area contributed by atoms with Crippen molar-refractivity contribution in [2.24, 2.45) is 5.92 Å². The largest absolute Gasteiger partial charge is 0.398 e. The first-order chi connectivity index (χ1) is 9.51. The summed E-state index contributed by atoms with van der Waals surface area (Å²) in [6.45, 7) is 6.73. The average molecular weight is 336 g/mol. The Morgan fingerprint density at radius 3 is 2.80 bits per heavy atom. The molecule has 20 heavy (non-hydrogen) atoms. The number of hydrogen-bond acceptors (Lipinski definition) is 3. The Morgan fingerprint density at radius 2 is 2.10 bits per heavy atom. The van der Waals surface area contributed by atoms with E-state index in [0.29, 0.717) is 6.04 Å². The minimum Gasteiger partial charge on any atom is -0.398 e. The fourth-order valence-electron chi connectivity index (χ4n) is 2.43. The molecule has 2 unspecified atom stereocenters. The zero-order valence-electron chi connectivity index (χ0n) is 12.3. The van der Waals surface area contributed by atoms with Gasteiger partial charge >= 0.3 is 0 Å². The molecule has 0 saturated carbocycles. The van der Waals surface area contributed by atoms with Crippen molar-refractivity contribution in [1.82, 2.24) is 4.98 Å². The van der Waals surface area contributed by atoms with Crippen LogP contribution in [0, 0.1) is 5.92 Å². The average Bonchev–Trinajstić information content (AvgIpc) is 2.42. The summed E-state index contributed by atoms with van der Waals surface area (Å²) in [7, 11) is 0. The highest BCUT2D eigenvalue weighted by molar-refractivity contribution is 9.10. The van der Waals surface area contributed by atoms with Crippen molar-refractivity contribution in [3.63, 3.8) is 0 Å². The maximum Gasteiger partial charge on any atom is 0.0954 e. The van der Waals surface area contributed by atoms with Crippen molar-refractivity contribution < 1.29 is 0 Å². The van der Waals surface area contributed by atoms with Crippen LogP contribution in [0.25, 0.3) is 10.9 Å². The Morgan fingerprint density at radius 1 is 1.35 bits per heavy atom. The summed E-state index contributed by atoms with van der Waals surface area (Å²) in [5, 5.41) is 4.55. The van der Waals surface area contributed by atoms with Crippen LogP contribution >= 0.6 is 15.9 Å². The molecule has 0 bridgehead atoms. The van der Waals surface area contributed by atoms with E-state index in [1.165, 1.54) is 6.42 Å². The van der Waals surface area contributed by atoms with Gasteiger partial charge in [-0.1, -0.05) is 20.3 Å². The molecule has 3 N–H and O–H groups in total. The topological polar surface area (TPSA) is 50.9 Å². The van der Waals surface area contributed by atoms with Crippen LogP contribution in [0.2, 0.25) is 0 Å². The van der Waals surface area contributed by atoms with E-state index in [-0.39, 0.29) is 0 Å². The number of nitrogens with two attached hydrogens (primary N) is 1. The van der Waals surface area contributed by atoms with Crippen LogP contribution in [-0.2, 0) is 0 Å². The van der Waals surface area contributed by atoms with Crippen LogP contribution < -0.4 is 11.1 Å². The molecule has 1 aromatic carbocycles. The van der Waals surface area contributed by atoms with Crippen molar-refractivity contribution >= 4 is 38.2 Å². The highest BCUT2D eigenvalue weighted by Crippen LogP contribution is 2.29. The minimum absolute atomic E-state index is 0.419. The molecule has 2 atom stereocenters. The highest BCUT2D eigenvalue weighted by Gasteiger charge is 2.11. The second-order valence-corrected chi connectivity index (χ2v) is 6.46. The first-order valence-corrected chi connectivity index (χ1v) is 7.90. The molecule has 108 valence electrons. The monoisotopic (exact) mass is 335 g/mol. The Labute approximate surface area is 129 Å². The third-order valence-electron chi connectivity index (χ3n) is 3.70. The lowest BCUT2D eigenvalue weighted by Crippen LogP contribution is -2.18. The number of benzene rings is 1. The molecule has 1 aromatic heterocycles. The smallest absolute Gasteiger partial charge is 0.0954 e. The number of nitrogens with zero attached hydrogens (tertiary/aromatic N) is 1. The number of rotatable bonds is 5. The molecular weight excluding hydrogens is 314 g/mol. The fraction of sp³-hybridized carbons (Fsp3) is 0.438.